The Balaban J connectivity index is 1.60. The molecule has 0 atom stereocenters. The van der Waals surface area contributed by atoms with Crippen molar-refractivity contribution >= 4 is 11.9 Å². The average molecular weight is 393 g/mol. The van der Waals surface area contributed by atoms with Crippen LogP contribution >= 0.6 is 0 Å². The molecule has 29 heavy (non-hydrogen) atoms. The minimum Gasteiger partial charge on any atom is -0.453 e. The smallest absolute Gasteiger partial charge is 0.348 e. The molecule has 0 aromatic heterocycles. The number of nitrogens with one attached hydrogen (secondary N) is 1. The molecule has 0 heterocycles. The zero-order chi connectivity index (χ0) is 20.5. The highest BCUT2D eigenvalue weighted by molar-refractivity contribution is 5.88. The van der Waals surface area contributed by atoms with Gasteiger partial charge in [-0.25, -0.2) is 4.79 Å². The van der Waals surface area contributed by atoms with Crippen molar-refractivity contribution in [2.45, 2.75) is 37.7 Å². The van der Waals surface area contributed by atoms with Gasteiger partial charge in [-0.2, -0.15) is 0 Å². The highest BCUT2D eigenvalue weighted by Gasteiger charge is 2.41. The minimum absolute atomic E-state index is 0.377. The monoisotopic (exact) mass is 393 g/mol. The quantitative estimate of drug-likeness (QED) is 0.532. The number of allylic oxidation sites excluding steroid dienone is 1. The van der Waals surface area contributed by atoms with E-state index in [2.05, 4.69) is 11.4 Å². The number of ether oxygens (including phenoxy) is 1. The Kier molecular flexibility index (Phi) is 7.19. The van der Waals surface area contributed by atoms with Gasteiger partial charge in [-0.15, -0.1) is 0 Å². The van der Waals surface area contributed by atoms with E-state index in [0.717, 1.165) is 19.3 Å². The van der Waals surface area contributed by atoms with Gasteiger partial charge < -0.3 is 15.2 Å². The maximum Gasteiger partial charge on any atom is 0.348 e. The van der Waals surface area contributed by atoms with E-state index in [1.165, 1.54) is 18.4 Å². The highest BCUT2D eigenvalue weighted by atomic mass is 16.6. The zero-order valence-electron chi connectivity index (χ0n) is 16.5. The molecule has 0 saturated heterocycles. The Morgan fingerprint density at radius 3 is 2.14 bits per heavy atom. The van der Waals surface area contributed by atoms with E-state index in [1.54, 1.807) is 60.7 Å². The van der Waals surface area contributed by atoms with Crippen molar-refractivity contribution < 1.29 is 19.4 Å². The summed E-state index contributed by atoms with van der Waals surface area (Å²) < 4.78 is 5.20. The van der Waals surface area contributed by atoms with Gasteiger partial charge in [-0.1, -0.05) is 72.3 Å². The highest BCUT2D eigenvalue weighted by Crippen LogP contribution is 2.31. The molecule has 5 nitrogen and oxygen atoms in total. The lowest BCUT2D eigenvalue weighted by Gasteiger charge is -2.27. The van der Waals surface area contributed by atoms with E-state index < -0.39 is 18.2 Å². The van der Waals surface area contributed by atoms with Gasteiger partial charge in [-0.05, 0) is 43.2 Å². The van der Waals surface area contributed by atoms with Crippen LogP contribution < -0.4 is 5.32 Å². The number of amides is 1. The van der Waals surface area contributed by atoms with Crippen molar-refractivity contribution in [3.05, 3.63) is 83.4 Å². The molecule has 2 aromatic rings. The number of aliphatic hydroxyl groups is 1. The molecular weight excluding hydrogens is 366 g/mol. The first kappa shape index (κ1) is 20.8. The first-order chi connectivity index (χ1) is 14.1. The number of carbonyl (C=O) groups is 2. The van der Waals surface area contributed by atoms with Crippen molar-refractivity contribution in [2.24, 2.45) is 0 Å². The van der Waals surface area contributed by atoms with E-state index in [-0.39, 0.29) is 5.91 Å². The number of hydrogen-bond donors (Lipinski definition) is 2. The summed E-state index contributed by atoms with van der Waals surface area (Å²) in [5.41, 5.74) is 0.174. The lowest BCUT2D eigenvalue weighted by atomic mass is 9.86. The topological polar surface area (TPSA) is 75.6 Å². The molecule has 0 bridgehead atoms. The average Bonchev–Trinajstić information content (AvgIpc) is 2.79. The van der Waals surface area contributed by atoms with Crippen LogP contribution in [0.1, 0.15) is 43.2 Å². The van der Waals surface area contributed by atoms with Gasteiger partial charge in [0.2, 0.25) is 5.60 Å². The molecule has 1 aliphatic carbocycles. The molecule has 3 rings (SSSR count). The van der Waals surface area contributed by atoms with E-state index >= 15 is 0 Å². The number of esters is 1. The third-order valence-corrected chi connectivity index (χ3v) is 5.17. The first-order valence-corrected chi connectivity index (χ1v) is 10.1. The number of carbonyl (C=O) groups excluding carboxylic acids is 2. The normalized spacial score (nSPS) is 14.0. The molecule has 0 saturated carbocycles. The number of hydrogen-bond acceptors (Lipinski definition) is 4. The lowest BCUT2D eigenvalue weighted by Crippen LogP contribution is -2.40. The maximum absolute atomic E-state index is 12.8. The summed E-state index contributed by atoms with van der Waals surface area (Å²) >= 11 is 0. The molecule has 5 heteroatoms. The van der Waals surface area contributed by atoms with E-state index in [0.29, 0.717) is 17.7 Å². The maximum atomic E-state index is 12.8. The lowest BCUT2D eigenvalue weighted by molar-refractivity contribution is -0.164. The largest absolute Gasteiger partial charge is 0.453 e. The molecule has 152 valence electrons. The van der Waals surface area contributed by atoms with E-state index in [1.807, 2.05) is 0 Å². The van der Waals surface area contributed by atoms with Crippen LogP contribution in [0.15, 0.2) is 72.3 Å². The SMILES string of the molecule is O=C(COC(=O)C(O)(c1ccccc1)c1ccccc1)NCCC1=CCCCC1. The molecule has 0 radical (unpaired) electrons. The van der Waals surface area contributed by atoms with Crippen LogP contribution in [-0.4, -0.2) is 30.1 Å². The van der Waals surface area contributed by atoms with Gasteiger partial charge in [0.15, 0.2) is 6.61 Å². The van der Waals surface area contributed by atoms with Gasteiger partial charge in [-0.3, -0.25) is 4.79 Å². The van der Waals surface area contributed by atoms with E-state index in [9.17, 15) is 14.7 Å². The van der Waals surface area contributed by atoms with Crippen LogP contribution in [-0.2, 0) is 19.9 Å². The van der Waals surface area contributed by atoms with Crippen LogP contribution in [0.5, 0.6) is 0 Å². The second kappa shape index (κ2) is 10.0. The molecule has 0 unspecified atom stereocenters. The van der Waals surface area contributed by atoms with Gasteiger partial charge >= 0.3 is 5.97 Å². The molecule has 0 aliphatic heterocycles. The third kappa shape index (κ3) is 5.33. The summed E-state index contributed by atoms with van der Waals surface area (Å²) in [5.74, 6) is -1.25. The summed E-state index contributed by atoms with van der Waals surface area (Å²) in [4.78, 5) is 24.9. The van der Waals surface area contributed by atoms with Crippen LogP contribution in [0, 0.1) is 0 Å². The molecule has 0 fully saturated rings. The predicted octanol–water partition coefficient (Wildman–Crippen LogP) is 3.47. The number of rotatable bonds is 8. The summed E-state index contributed by atoms with van der Waals surface area (Å²) in [6, 6.07) is 17.2. The Bertz CT molecular complexity index is 806. The third-order valence-electron chi connectivity index (χ3n) is 5.17. The second-order valence-electron chi connectivity index (χ2n) is 7.23. The van der Waals surface area contributed by atoms with Crippen molar-refractivity contribution in [3.8, 4) is 0 Å². The second-order valence-corrected chi connectivity index (χ2v) is 7.23. The van der Waals surface area contributed by atoms with Gasteiger partial charge in [0.25, 0.3) is 5.91 Å². The summed E-state index contributed by atoms with van der Waals surface area (Å²) in [7, 11) is 0. The summed E-state index contributed by atoms with van der Waals surface area (Å²) in [5, 5.41) is 14.0. The van der Waals surface area contributed by atoms with Crippen molar-refractivity contribution in [3.63, 3.8) is 0 Å². The standard InChI is InChI=1S/C24H27NO4/c26-22(25-17-16-19-10-4-1-5-11-19)18-29-23(27)24(28,20-12-6-2-7-13-20)21-14-8-3-9-15-21/h2-3,6-10,12-15,28H,1,4-5,11,16-18H2,(H,25,26). The van der Waals surface area contributed by atoms with Crippen LogP contribution in [0.4, 0.5) is 0 Å². The van der Waals surface area contributed by atoms with Crippen molar-refractivity contribution in [1.29, 1.82) is 0 Å². The minimum atomic E-state index is -1.98. The molecule has 1 aliphatic rings. The van der Waals surface area contributed by atoms with Gasteiger partial charge in [0.05, 0.1) is 0 Å². The Hall–Kier alpha value is -2.92. The van der Waals surface area contributed by atoms with Crippen molar-refractivity contribution in [1.82, 2.24) is 5.32 Å². The van der Waals surface area contributed by atoms with Crippen LogP contribution in [0.3, 0.4) is 0 Å². The molecular formula is C24H27NO4. The van der Waals surface area contributed by atoms with Crippen LogP contribution in [0.25, 0.3) is 0 Å². The fourth-order valence-electron chi connectivity index (χ4n) is 3.54. The van der Waals surface area contributed by atoms with Gasteiger partial charge in [0.1, 0.15) is 0 Å². The molecule has 2 N–H and O–H groups in total. The summed E-state index contributed by atoms with van der Waals surface area (Å²) in [6.07, 6.45) is 7.70. The van der Waals surface area contributed by atoms with Gasteiger partial charge in [0, 0.05) is 6.54 Å². The Labute approximate surface area is 171 Å². The Morgan fingerprint density at radius 2 is 1.59 bits per heavy atom. The molecule has 0 spiro atoms. The fourth-order valence-corrected chi connectivity index (χ4v) is 3.54. The van der Waals surface area contributed by atoms with Crippen LogP contribution in [0.2, 0.25) is 0 Å². The van der Waals surface area contributed by atoms with Crippen molar-refractivity contribution in [2.75, 3.05) is 13.2 Å². The summed E-state index contributed by atoms with van der Waals surface area (Å²) in [6.45, 7) is 0.0870. The Morgan fingerprint density at radius 1 is 0.966 bits per heavy atom. The molecule has 1 amide bonds. The van der Waals surface area contributed by atoms with E-state index in [4.69, 9.17) is 4.74 Å². The first-order valence-electron chi connectivity index (χ1n) is 10.1. The molecule has 2 aromatic carbocycles. The number of benzene rings is 2. The predicted molar refractivity (Wildman–Crippen MR) is 111 cm³/mol. The zero-order valence-corrected chi connectivity index (χ0v) is 16.5. The fraction of sp³-hybridized carbons (Fsp3) is 0.333.